The molecule has 0 aromatic rings. The molecule has 0 aromatic heterocycles. The summed E-state index contributed by atoms with van der Waals surface area (Å²) in [6.45, 7) is 4.34. The van der Waals surface area contributed by atoms with Gasteiger partial charge in [-0.1, -0.05) is 58.8 Å². The average Bonchev–Trinajstić information content (AvgIpc) is 2.45. The van der Waals surface area contributed by atoms with E-state index in [0.29, 0.717) is 5.92 Å². The maximum Gasteiger partial charge on any atom is 0.0568 e. The molecule has 0 amide bonds. The van der Waals surface area contributed by atoms with Gasteiger partial charge < -0.3 is 5.11 Å². The fourth-order valence-electron chi connectivity index (χ4n) is 2.45. The Morgan fingerprint density at radius 2 is 1.71 bits per heavy atom. The van der Waals surface area contributed by atoms with Crippen molar-refractivity contribution in [3.8, 4) is 0 Å². The standard InChI is InChI=1S/C13H26O/c1-3-11(2)13(14)10-12-8-6-4-5-7-9-12/h11-14H,3-10H2,1-2H3. The summed E-state index contributed by atoms with van der Waals surface area (Å²) in [7, 11) is 0. The second-order valence-corrected chi connectivity index (χ2v) is 5.05. The molecule has 2 unspecified atom stereocenters. The van der Waals surface area contributed by atoms with E-state index in [1.807, 2.05) is 0 Å². The molecule has 1 aliphatic rings. The molecule has 1 heteroatoms. The van der Waals surface area contributed by atoms with Gasteiger partial charge >= 0.3 is 0 Å². The highest BCUT2D eigenvalue weighted by atomic mass is 16.3. The van der Waals surface area contributed by atoms with Crippen molar-refractivity contribution in [3.05, 3.63) is 0 Å². The maximum atomic E-state index is 9.96. The van der Waals surface area contributed by atoms with Crippen LogP contribution in [0.1, 0.15) is 65.2 Å². The summed E-state index contributed by atoms with van der Waals surface area (Å²) in [6, 6.07) is 0. The Kier molecular flexibility index (Phi) is 5.54. The Balaban J connectivity index is 2.26. The van der Waals surface area contributed by atoms with E-state index in [1.54, 1.807) is 0 Å². The number of rotatable bonds is 4. The smallest absolute Gasteiger partial charge is 0.0568 e. The highest BCUT2D eigenvalue weighted by molar-refractivity contribution is 4.71. The van der Waals surface area contributed by atoms with Crippen LogP contribution < -0.4 is 0 Å². The Bertz CT molecular complexity index is 136. The molecule has 14 heavy (non-hydrogen) atoms. The van der Waals surface area contributed by atoms with Gasteiger partial charge in [-0.3, -0.25) is 0 Å². The van der Waals surface area contributed by atoms with Crippen LogP contribution >= 0.6 is 0 Å². The minimum atomic E-state index is -0.0527. The van der Waals surface area contributed by atoms with Crippen molar-refractivity contribution in [2.24, 2.45) is 11.8 Å². The number of aliphatic hydroxyl groups is 1. The summed E-state index contributed by atoms with van der Waals surface area (Å²) in [6.07, 6.45) is 10.4. The third kappa shape index (κ3) is 4.00. The highest BCUT2D eigenvalue weighted by Crippen LogP contribution is 2.28. The lowest BCUT2D eigenvalue weighted by Gasteiger charge is -2.22. The first-order valence-electron chi connectivity index (χ1n) is 6.42. The predicted octanol–water partition coefficient (Wildman–Crippen LogP) is 3.75. The minimum Gasteiger partial charge on any atom is -0.393 e. The van der Waals surface area contributed by atoms with Gasteiger partial charge in [-0.25, -0.2) is 0 Å². The molecular weight excluding hydrogens is 172 g/mol. The molecule has 1 aliphatic carbocycles. The Morgan fingerprint density at radius 1 is 1.14 bits per heavy atom. The molecule has 0 bridgehead atoms. The fraction of sp³-hybridized carbons (Fsp3) is 1.00. The van der Waals surface area contributed by atoms with Gasteiger partial charge in [0.2, 0.25) is 0 Å². The molecule has 1 saturated carbocycles. The van der Waals surface area contributed by atoms with E-state index in [0.717, 1.165) is 18.8 Å². The second-order valence-electron chi connectivity index (χ2n) is 5.05. The predicted molar refractivity (Wildman–Crippen MR) is 61.3 cm³/mol. The van der Waals surface area contributed by atoms with E-state index < -0.39 is 0 Å². The average molecular weight is 198 g/mol. The molecule has 1 rings (SSSR count). The molecule has 2 atom stereocenters. The highest BCUT2D eigenvalue weighted by Gasteiger charge is 2.19. The van der Waals surface area contributed by atoms with E-state index in [-0.39, 0.29) is 6.10 Å². The Hall–Kier alpha value is -0.0400. The van der Waals surface area contributed by atoms with Gasteiger partial charge in [0.15, 0.2) is 0 Å². The molecule has 0 spiro atoms. The Morgan fingerprint density at radius 3 is 2.21 bits per heavy atom. The van der Waals surface area contributed by atoms with E-state index in [1.165, 1.54) is 38.5 Å². The van der Waals surface area contributed by atoms with E-state index in [4.69, 9.17) is 0 Å². The summed E-state index contributed by atoms with van der Waals surface area (Å²) in [5.41, 5.74) is 0. The normalized spacial score (nSPS) is 24.2. The van der Waals surface area contributed by atoms with Crippen LogP contribution in [-0.4, -0.2) is 11.2 Å². The van der Waals surface area contributed by atoms with Crippen molar-refractivity contribution in [2.75, 3.05) is 0 Å². The van der Waals surface area contributed by atoms with Crippen molar-refractivity contribution < 1.29 is 5.11 Å². The van der Waals surface area contributed by atoms with Crippen LogP contribution in [0.3, 0.4) is 0 Å². The molecule has 0 aromatic carbocycles. The zero-order valence-electron chi connectivity index (χ0n) is 9.84. The summed E-state index contributed by atoms with van der Waals surface area (Å²) in [5, 5.41) is 9.96. The van der Waals surface area contributed by atoms with Crippen molar-refractivity contribution in [1.82, 2.24) is 0 Å². The number of hydrogen-bond acceptors (Lipinski definition) is 1. The summed E-state index contributed by atoms with van der Waals surface area (Å²) >= 11 is 0. The van der Waals surface area contributed by atoms with Crippen LogP contribution in [0.15, 0.2) is 0 Å². The fourth-order valence-corrected chi connectivity index (χ4v) is 2.45. The summed E-state index contributed by atoms with van der Waals surface area (Å²) < 4.78 is 0. The topological polar surface area (TPSA) is 20.2 Å². The van der Waals surface area contributed by atoms with Gasteiger partial charge in [-0.05, 0) is 18.3 Å². The van der Waals surface area contributed by atoms with Crippen LogP contribution in [0, 0.1) is 11.8 Å². The van der Waals surface area contributed by atoms with Crippen molar-refractivity contribution >= 4 is 0 Å². The van der Waals surface area contributed by atoms with Crippen LogP contribution in [-0.2, 0) is 0 Å². The molecule has 1 N–H and O–H groups in total. The van der Waals surface area contributed by atoms with Gasteiger partial charge in [-0.15, -0.1) is 0 Å². The van der Waals surface area contributed by atoms with Crippen LogP contribution in [0.5, 0.6) is 0 Å². The summed E-state index contributed by atoms with van der Waals surface area (Å²) in [5.74, 6) is 1.29. The van der Waals surface area contributed by atoms with Gasteiger partial charge in [0.05, 0.1) is 6.10 Å². The van der Waals surface area contributed by atoms with Gasteiger partial charge in [0, 0.05) is 0 Å². The number of hydrogen-bond donors (Lipinski definition) is 1. The molecule has 1 fully saturated rings. The SMILES string of the molecule is CCC(C)C(O)CC1CCCCCC1. The molecule has 0 saturated heterocycles. The third-order valence-corrected chi connectivity index (χ3v) is 3.85. The largest absolute Gasteiger partial charge is 0.393 e. The molecule has 1 nitrogen and oxygen atoms in total. The second kappa shape index (κ2) is 6.44. The van der Waals surface area contributed by atoms with Gasteiger partial charge in [-0.2, -0.15) is 0 Å². The van der Waals surface area contributed by atoms with Crippen molar-refractivity contribution in [3.63, 3.8) is 0 Å². The van der Waals surface area contributed by atoms with Gasteiger partial charge in [0.1, 0.15) is 0 Å². The first kappa shape index (κ1) is 12.0. The third-order valence-electron chi connectivity index (χ3n) is 3.85. The van der Waals surface area contributed by atoms with E-state index >= 15 is 0 Å². The molecule has 0 radical (unpaired) electrons. The summed E-state index contributed by atoms with van der Waals surface area (Å²) in [4.78, 5) is 0. The zero-order chi connectivity index (χ0) is 10.4. The molecular formula is C13H26O. The van der Waals surface area contributed by atoms with Crippen molar-refractivity contribution in [2.45, 2.75) is 71.3 Å². The molecule has 0 heterocycles. The Labute approximate surface area is 88.9 Å². The zero-order valence-corrected chi connectivity index (χ0v) is 9.84. The monoisotopic (exact) mass is 198 g/mol. The van der Waals surface area contributed by atoms with E-state index in [2.05, 4.69) is 13.8 Å². The van der Waals surface area contributed by atoms with Gasteiger partial charge in [0.25, 0.3) is 0 Å². The first-order valence-corrected chi connectivity index (χ1v) is 6.42. The lowest BCUT2D eigenvalue weighted by atomic mass is 9.88. The van der Waals surface area contributed by atoms with Crippen molar-refractivity contribution in [1.29, 1.82) is 0 Å². The minimum absolute atomic E-state index is 0.0527. The first-order chi connectivity index (χ1) is 6.74. The van der Waals surface area contributed by atoms with E-state index in [9.17, 15) is 5.11 Å². The maximum absolute atomic E-state index is 9.96. The lowest BCUT2D eigenvalue weighted by Crippen LogP contribution is -2.20. The molecule has 84 valence electrons. The lowest BCUT2D eigenvalue weighted by molar-refractivity contribution is 0.0845. The quantitative estimate of drug-likeness (QED) is 0.682. The van der Waals surface area contributed by atoms with Crippen LogP contribution in [0.4, 0.5) is 0 Å². The van der Waals surface area contributed by atoms with Crippen LogP contribution in [0.25, 0.3) is 0 Å². The van der Waals surface area contributed by atoms with Crippen LogP contribution in [0.2, 0.25) is 0 Å². The molecule has 0 aliphatic heterocycles. The number of aliphatic hydroxyl groups excluding tert-OH is 1.